The number of anilines is 2. The van der Waals surface area contributed by atoms with Crippen LogP contribution in [0.5, 0.6) is 0 Å². The van der Waals surface area contributed by atoms with E-state index in [9.17, 15) is 23.2 Å². The highest BCUT2D eigenvalue weighted by molar-refractivity contribution is 6.07. The molecular formula is C28H29F2N3O3. The molecule has 0 fully saturated rings. The molecular weight excluding hydrogens is 464 g/mol. The lowest BCUT2D eigenvalue weighted by molar-refractivity contribution is -0.116. The molecule has 0 aliphatic rings. The van der Waals surface area contributed by atoms with Crippen molar-refractivity contribution >= 4 is 29.1 Å². The number of amides is 3. The molecule has 0 saturated heterocycles. The van der Waals surface area contributed by atoms with Crippen LogP contribution < -0.4 is 16.0 Å². The smallest absolute Gasteiger partial charge is 0.255 e. The average molecular weight is 494 g/mol. The molecule has 36 heavy (non-hydrogen) atoms. The van der Waals surface area contributed by atoms with Crippen LogP contribution in [0.3, 0.4) is 0 Å². The Morgan fingerprint density at radius 1 is 0.806 bits per heavy atom. The van der Waals surface area contributed by atoms with E-state index >= 15 is 0 Å². The summed E-state index contributed by atoms with van der Waals surface area (Å²) >= 11 is 0. The van der Waals surface area contributed by atoms with Gasteiger partial charge in [0.1, 0.15) is 11.6 Å². The maximum atomic E-state index is 13.7. The molecule has 3 N–H and O–H groups in total. The van der Waals surface area contributed by atoms with Gasteiger partial charge in [0, 0.05) is 24.6 Å². The average Bonchev–Trinajstić information content (AvgIpc) is 2.82. The van der Waals surface area contributed by atoms with Crippen molar-refractivity contribution in [1.29, 1.82) is 0 Å². The van der Waals surface area contributed by atoms with E-state index in [0.717, 1.165) is 17.7 Å². The molecule has 3 rings (SSSR count). The molecule has 3 amide bonds. The van der Waals surface area contributed by atoms with Crippen LogP contribution in [0.4, 0.5) is 20.2 Å². The van der Waals surface area contributed by atoms with Crippen LogP contribution in [0.1, 0.15) is 59.9 Å². The SMILES string of the molecule is CC(C)(C)c1ccc(C(=O)Nc2ccccc2NC(=O)CCCNC(=O)c2ccc(F)cc2F)cc1. The van der Waals surface area contributed by atoms with Crippen molar-refractivity contribution in [2.24, 2.45) is 0 Å². The second-order valence-electron chi connectivity index (χ2n) is 9.36. The van der Waals surface area contributed by atoms with E-state index in [1.807, 2.05) is 12.1 Å². The van der Waals surface area contributed by atoms with E-state index in [1.54, 1.807) is 36.4 Å². The third kappa shape index (κ3) is 7.21. The number of para-hydroxylation sites is 2. The normalized spacial score (nSPS) is 11.0. The van der Waals surface area contributed by atoms with E-state index < -0.39 is 17.5 Å². The van der Waals surface area contributed by atoms with Crippen LogP contribution in [-0.4, -0.2) is 24.3 Å². The number of nitrogens with one attached hydrogen (secondary N) is 3. The van der Waals surface area contributed by atoms with Gasteiger partial charge >= 0.3 is 0 Å². The summed E-state index contributed by atoms with van der Waals surface area (Å²) in [5.74, 6) is -3.01. The molecule has 8 heteroatoms. The maximum absolute atomic E-state index is 13.7. The number of halogens is 2. The Balaban J connectivity index is 1.52. The molecule has 0 saturated carbocycles. The van der Waals surface area contributed by atoms with Crippen LogP contribution in [0.2, 0.25) is 0 Å². The summed E-state index contributed by atoms with van der Waals surface area (Å²) in [5.41, 5.74) is 2.23. The zero-order valence-electron chi connectivity index (χ0n) is 20.5. The number of hydrogen-bond donors (Lipinski definition) is 3. The van der Waals surface area contributed by atoms with Crippen molar-refractivity contribution < 1.29 is 23.2 Å². The molecule has 188 valence electrons. The van der Waals surface area contributed by atoms with Gasteiger partial charge in [-0.05, 0) is 53.8 Å². The van der Waals surface area contributed by atoms with Crippen LogP contribution in [-0.2, 0) is 10.2 Å². The highest BCUT2D eigenvalue weighted by Crippen LogP contribution is 2.24. The highest BCUT2D eigenvalue weighted by Gasteiger charge is 2.16. The molecule has 0 bridgehead atoms. The third-order valence-corrected chi connectivity index (χ3v) is 5.50. The minimum atomic E-state index is -0.950. The predicted molar refractivity (Wildman–Crippen MR) is 136 cm³/mol. The summed E-state index contributed by atoms with van der Waals surface area (Å²) in [4.78, 5) is 37.2. The number of carbonyl (C=O) groups excluding carboxylic acids is 3. The fraction of sp³-hybridized carbons (Fsp3) is 0.250. The minimum absolute atomic E-state index is 0.0220. The quantitative estimate of drug-likeness (QED) is 0.354. The van der Waals surface area contributed by atoms with E-state index in [0.29, 0.717) is 29.4 Å². The topological polar surface area (TPSA) is 87.3 Å². The minimum Gasteiger partial charge on any atom is -0.352 e. The van der Waals surface area contributed by atoms with Gasteiger partial charge in [0.05, 0.1) is 16.9 Å². The molecule has 0 aromatic heterocycles. The van der Waals surface area contributed by atoms with E-state index in [-0.39, 0.29) is 35.8 Å². The highest BCUT2D eigenvalue weighted by atomic mass is 19.1. The Bertz CT molecular complexity index is 1250. The summed E-state index contributed by atoms with van der Waals surface area (Å²) in [6.07, 6.45) is 0.387. The summed E-state index contributed by atoms with van der Waals surface area (Å²) in [6.45, 7) is 6.42. The fourth-order valence-corrected chi connectivity index (χ4v) is 3.45. The summed E-state index contributed by atoms with van der Waals surface area (Å²) < 4.78 is 26.7. The van der Waals surface area contributed by atoms with Gasteiger partial charge < -0.3 is 16.0 Å². The molecule has 0 aliphatic carbocycles. The number of benzene rings is 3. The van der Waals surface area contributed by atoms with Crippen molar-refractivity contribution in [3.63, 3.8) is 0 Å². The first-order chi connectivity index (χ1) is 17.0. The van der Waals surface area contributed by atoms with E-state index in [1.165, 1.54) is 0 Å². The monoisotopic (exact) mass is 493 g/mol. The van der Waals surface area contributed by atoms with Gasteiger partial charge in [-0.2, -0.15) is 0 Å². The lowest BCUT2D eigenvalue weighted by Crippen LogP contribution is -2.26. The number of hydrogen-bond acceptors (Lipinski definition) is 3. The van der Waals surface area contributed by atoms with Gasteiger partial charge in [0.2, 0.25) is 5.91 Å². The largest absolute Gasteiger partial charge is 0.352 e. The van der Waals surface area contributed by atoms with Gasteiger partial charge in [0.25, 0.3) is 11.8 Å². The maximum Gasteiger partial charge on any atom is 0.255 e. The first kappa shape index (κ1) is 26.5. The molecule has 6 nitrogen and oxygen atoms in total. The first-order valence-corrected chi connectivity index (χ1v) is 11.6. The second-order valence-corrected chi connectivity index (χ2v) is 9.36. The standard InChI is InChI=1S/C28H29F2N3O3/c1-28(2,3)19-12-10-18(11-13-19)26(35)33-24-8-5-4-7-23(24)32-25(34)9-6-16-31-27(36)21-15-14-20(29)17-22(21)30/h4-5,7-8,10-15,17H,6,9,16H2,1-3H3,(H,31,36)(H,32,34)(H,33,35). The molecule has 0 heterocycles. The molecule has 3 aromatic carbocycles. The van der Waals surface area contributed by atoms with Crippen molar-refractivity contribution in [2.75, 3.05) is 17.2 Å². The van der Waals surface area contributed by atoms with Gasteiger partial charge in [-0.15, -0.1) is 0 Å². The Morgan fingerprint density at radius 2 is 1.44 bits per heavy atom. The molecule has 0 radical (unpaired) electrons. The van der Waals surface area contributed by atoms with Crippen LogP contribution in [0.15, 0.2) is 66.7 Å². The van der Waals surface area contributed by atoms with E-state index in [2.05, 4.69) is 36.7 Å². The molecule has 0 atom stereocenters. The zero-order valence-corrected chi connectivity index (χ0v) is 20.5. The fourth-order valence-electron chi connectivity index (χ4n) is 3.45. The second kappa shape index (κ2) is 11.6. The lowest BCUT2D eigenvalue weighted by atomic mass is 9.87. The lowest BCUT2D eigenvalue weighted by Gasteiger charge is -2.19. The summed E-state index contributed by atoms with van der Waals surface area (Å²) in [5, 5.41) is 8.10. The van der Waals surface area contributed by atoms with Crippen LogP contribution >= 0.6 is 0 Å². The van der Waals surface area contributed by atoms with Crippen LogP contribution in [0.25, 0.3) is 0 Å². The Kier molecular flexibility index (Phi) is 8.53. The zero-order chi connectivity index (χ0) is 26.3. The van der Waals surface area contributed by atoms with Crippen molar-refractivity contribution in [3.8, 4) is 0 Å². The first-order valence-electron chi connectivity index (χ1n) is 11.6. The predicted octanol–water partition coefficient (Wildman–Crippen LogP) is 5.66. The molecule has 0 spiro atoms. The Hall–Kier alpha value is -4.07. The van der Waals surface area contributed by atoms with Gasteiger partial charge in [-0.3, -0.25) is 14.4 Å². The number of carbonyl (C=O) groups is 3. The van der Waals surface area contributed by atoms with Gasteiger partial charge in [-0.1, -0.05) is 45.0 Å². The van der Waals surface area contributed by atoms with Crippen molar-refractivity contribution in [1.82, 2.24) is 5.32 Å². The Labute approximate surface area is 209 Å². The Morgan fingerprint density at radius 3 is 2.06 bits per heavy atom. The molecule has 3 aromatic rings. The molecule has 0 aliphatic heterocycles. The summed E-state index contributed by atoms with van der Waals surface area (Å²) in [7, 11) is 0. The third-order valence-electron chi connectivity index (χ3n) is 5.50. The van der Waals surface area contributed by atoms with E-state index in [4.69, 9.17) is 0 Å². The van der Waals surface area contributed by atoms with Crippen LogP contribution in [0, 0.1) is 11.6 Å². The van der Waals surface area contributed by atoms with Gasteiger partial charge in [0.15, 0.2) is 0 Å². The van der Waals surface area contributed by atoms with Gasteiger partial charge in [-0.25, -0.2) is 8.78 Å². The number of rotatable bonds is 8. The molecule has 0 unspecified atom stereocenters. The summed E-state index contributed by atoms with van der Waals surface area (Å²) in [6, 6.07) is 16.9. The van der Waals surface area contributed by atoms with Crippen molar-refractivity contribution in [2.45, 2.75) is 39.0 Å². The van der Waals surface area contributed by atoms with Crippen molar-refractivity contribution in [3.05, 3.63) is 95.1 Å².